The standard InChI is InChI=1S/C16H8ClF3O2S/c1-6-13(19)9(5-10(17)14(6)20)12-8-3-2-7(18)4-11(8)23-15(12)16(21)22/h2-5H,1H3,(H,21,22). The highest BCUT2D eigenvalue weighted by molar-refractivity contribution is 7.21. The van der Waals surface area contributed by atoms with E-state index in [0.29, 0.717) is 10.1 Å². The predicted molar refractivity (Wildman–Crippen MR) is 83.8 cm³/mol. The highest BCUT2D eigenvalue weighted by Gasteiger charge is 2.24. The molecule has 23 heavy (non-hydrogen) atoms. The molecule has 1 aromatic heterocycles. The first-order valence-corrected chi connectivity index (χ1v) is 7.60. The van der Waals surface area contributed by atoms with Gasteiger partial charge in [-0.1, -0.05) is 11.6 Å². The number of hydrogen-bond acceptors (Lipinski definition) is 2. The Labute approximate surface area is 137 Å². The molecule has 0 saturated carbocycles. The molecule has 0 aliphatic rings. The van der Waals surface area contributed by atoms with Crippen LogP contribution in [0.15, 0.2) is 24.3 Å². The van der Waals surface area contributed by atoms with Crippen molar-refractivity contribution in [2.45, 2.75) is 6.92 Å². The van der Waals surface area contributed by atoms with E-state index in [-0.39, 0.29) is 26.6 Å². The van der Waals surface area contributed by atoms with Gasteiger partial charge in [-0.2, -0.15) is 0 Å². The second kappa shape index (κ2) is 5.54. The van der Waals surface area contributed by atoms with E-state index in [2.05, 4.69) is 0 Å². The number of carboxylic acid groups (broad SMARTS) is 1. The van der Waals surface area contributed by atoms with Gasteiger partial charge in [0.1, 0.15) is 22.3 Å². The Morgan fingerprint density at radius 3 is 2.52 bits per heavy atom. The second-order valence-electron chi connectivity index (χ2n) is 4.91. The summed E-state index contributed by atoms with van der Waals surface area (Å²) in [6.07, 6.45) is 0. The molecule has 0 amide bonds. The molecule has 118 valence electrons. The lowest BCUT2D eigenvalue weighted by Gasteiger charge is -2.09. The molecule has 0 bridgehead atoms. The van der Waals surface area contributed by atoms with Crippen LogP contribution >= 0.6 is 22.9 Å². The molecule has 0 fully saturated rings. The van der Waals surface area contributed by atoms with Crippen LogP contribution in [0.1, 0.15) is 15.2 Å². The molecule has 0 saturated heterocycles. The summed E-state index contributed by atoms with van der Waals surface area (Å²) >= 11 is 6.59. The van der Waals surface area contributed by atoms with Crippen LogP contribution in [0, 0.1) is 24.4 Å². The van der Waals surface area contributed by atoms with Crippen molar-refractivity contribution in [2.75, 3.05) is 0 Å². The summed E-state index contributed by atoms with van der Waals surface area (Å²) in [5, 5.41) is 9.43. The van der Waals surface area contributed by atoms with E-state index in [4.69, 9.17) is 11.6 Å². The van der Waals surface area contributed by atoms with Crippen molar-refractivity contribution in [1.29, 1.82) is 0 Å². The van der Waals surface area contributed by atoms with Crippen LogP contribution in [-0.4, -0.2) is 11.1 Å². The van der Waals surface area contributed by atoms with E-state index in [1.807, 2.05) is 0 Å². The molecule has 2 nitrogen and oxygen atoms in total. The van der Waals surface area contributed by atoms with Gasteiger partial charge < -0.3 is 5.11 Å². The minimum absolute atomic E-state index is 0.0694. The molecule has 3 aromatic rings. The van der Waals surface area contributed by atoms with Crippen LogP contribution in [0.5, 0.6) is 0 Å². The van der Waals surface area contributed by atoms with E-state index >= 15 is 0 Å². The molecule has 0 unspecified atom stereocenters. The van der Waals surface area contributed by atoms with E-state index < -0.39 is 23.4 Å². The molecule has 1 N–H and O–H groups in total. The molecule has 0 aliphatic heterocycles. The van der Waals surface area contributed by atoms with Gasteiger partial charge in [-0.25, -0.2) is 18.0 Å². The van der Waals surface area contributed by atoms with Gasteiger partial charge in [-0.15, -0.1) is 11.3 Å². The fraction of sp³-hybridized carbons (Fsp3) is 0.0625. The monoisotopic (exact) mass is 356 g/mol. The van der Waals surface area contributed by atoms with Crippen molar-refractivity contribution in [3.63, 3.8) is 0 Å². The Hall–Kier alpha value is -2.05. The van der Waals surface area contributed by atoms with Crippen LogP contribution in [0.2, 0.25) is 5.02 Å². The van der Waals surface area contributed by atoms with Crippen molar-refractivity contribution in [3.8, 4) is 11.1 Å². The highest BCUT2D eigenvalue weighted by Crippen LogP contribution is 2.42. The Kier molecular flexibility index (Phi) is 3.82. The van der Waals surface area contributed by atoms with Gasteiger partial charge in [0.05, 0.1) is 5.02 Å². The van der Waals surface area contributed by atoms with Crippen molar-refractivity contribution < 1.29 is 23.1 Å². The van der Waals surface area contributed by atoms with Gasteiger partial charge in [-0.3, -0.25) is 0 Å². The second-order valence-corrected chi connectivity index (χ2v) is 6.37. The molecule has 7 heteroatoms. The van der Waals surface area contributed by atoms with Gasteiger partial charge in [-0.05, 0) is 31.2 Å². The number of aromatic carboxylic acids is 1. The number of carboxylic acids is 1. The predicted octanol–water partition coefficient (Wildman–Crippen LogP) is 5.65. The summed E-state index contributed by atoms with van der Waals surface area (Å²) in [4.78, 5) is 11.3. The van der Waals surface area contributed by atoms with Gasteiger partial charge in [0.25, 0.3) is 0 Å². The molecule has 0 aliphatic carbocycles. The lowest BCUT2D eigenvalue weighted by atomic mass is 9.99. The molecule has 2 aromatic carbocycles. The molecule has 1 heterocycles. The van der Waals surface area contributed by atoms with E-state index in [0.717, 1.165) is 23.5 Å². The number of halogens is 4. The minimum Gasteiger partial charge on any atom is -0.477 e. The molecular weight excluding hydrogens is 349 g/mol. The third-order valence-corrected chi connectivity index (χ3v) is 4.91. The van der Waals surface area contributed by atoms with Crippen molar-refractivity contribution in [3.05, 3.63) is 57.2 Å². The number of carbonyl (C=O) groups is 1. The van der Waals surface area contributed by atoms with Gasteiger partial charge in [0.2, 0.25) is 0 Å². The average Bonchev–Trinajstić information content (AvgIpc) is 2.87. The first-order valence-electron chi connectivity index (χ1n) is 6.41. The summed E-state index contributed by atoms with van der Waals surface area (Å²) in [5.41, 5.74) is -0.352. The molecular formula is C16H8ClF3O2S. The summed E-state index contributed by atoms with van der Waals surface area (Å²) in [6.45, 7) is 1.22. The first kappa shape index (κ1) is 15.8. The van der Waals surface area contributed by atoms with Crippen LogP contribution in [-0.2, 0) is 0 Å². The zero-order valence-electron chi connectivity index (χ0n) is 11.6. The normalized spacial score (nSPS) is 11.2. The Balaban J connectivity index is 2.45. The van der Waals surface area contributed by atoms with Gasteiger partial charge in [0.15, 0.2) is 0 Å². The Morgan fingerprint density at radius 2 is 1.87 bits per heavy atom. The average molecular weight is 357 g/mol. The number of fused-ring (bicyclic) bond motifs is 1. The largest absolute Gasteiger partial charge is 0.477 e. The lowest BCUT2D eigenvalue weighted by Crippen LogP contribution is -1.99. The smallest absolute Gasteiger partial charge is 0.346 e. The molecule has 0 spiro atoms. The maximum absolute atomic E-state index is 14.5. The fourth-order valence-electron chi connectivity index (χ4n) is 2.40. The van der Waals surface area contributed by atoms with Crippen molar-refractivity contribution in [2.24, 2.45) is 0 Å². The summed E-state index contributed by atoms with van der Waals surface area (Å²) in [6, 6.07) is 4.75. The van der Waals surface area contributed by atoms with Gasteiger partial charge >= 0.3 is 5.97 Å². The number of thiophene rings is 1. The van der Waals surface area contributed by atoms with Crippen LogP contribution in [0.25, 0.3) is 21.2 Å². The molecule has 0 atom stereocenters. The van der Waals surface area contributed by atoms with E-state index in [9.17, 15) is 23.1 Å². The van der Waals surface area contributed by atoms with Crippen LogP contribution in [0.3, 0.4) is 0 Å². The maximum Gasteiger partial charge on any atom is 0.346 e. The third kappa shape index (κ3) is 2.48. The van der Waals surface area contributed by atoms with E-state index in [1.54, 1.807) is 0 Å². The number of rotatable bonds is 2. The van der Waals surface area contributed by atoms with Crippen molar-refractivity contribution >= 4 is 39.0 Å². The fourth-order valence-corrected chi connectivity index (χ4v) is 3.73. The SMILES string of the molecule is Cc1c(F)c(Cl)cc(-c2c(C(=O)O)sc3cc(F)ccc23)c1F. The summed E-state index contributed by atoms with van der Waals surface area (Å²) in [5.74, 6) is -3.59. The third-order valence-electron chi connectivity index (χ3n) is 3.49. The molecule has 3 rings (SSSR count). The quantitative estimate of drug-likeness (QED) is 0.603. The number of benzene rings is 2. The first-order chi connectivity index (χ1) is 10.8. The summed E-state index contributed by atoms with van der Waals surface area (Å²) in [7, 11) is 0. The van der Waals surface area contributed by atoms with Crippen LogP contribution < -0.4 is 0 Å². The summed E-state index contributed by atoms with van der Waals surface area (Å²) < 4.78 is 41.9. The number of hydrogen-bond donors (Lipinski definition) is 1. The maximum atomic E-state index is 14.5. The minimum atomic E-state index is -1.28. The highest BCUT2D eigenvalue weighted by atomic mass is 35.5. The zero-order valence-corrected chi connectivity index (χ0v) is 13.2. The topological polar surface area (TPSA) is 37.3 Å². The lowest BCUT2D eigenvalue weighted by molar-refractivity contribution is 0.0703. The Morgan fingerprint density at radius 1 is 1.17 bits per heavy atom. The van der Waals surface area contributed by atoms with Crippen LogP contribution in [0.4, 0.5) is 13.2 Å². The molecule has 0 radical (unpaired) electrons. The van der Waals surface area contributed by atoms with Crippen molar-refractivity contribution in [1.82, 2.24) is 0 Å². The zero-order chi connectivity index (χ0) is 16.9. The van der Waals surface area contributed by atoms with Gasteiger partial charge in [0, 0.05) is 26.8 Å². The Bertz CT molecular complexity index is 966. The van der Waals surface area contributed by atoms with E-state index in [1.165, 1.54) is 19.1 Å².